The summed E-state index contributed by atoms with van der Waals surface area (Å²) in [5, 5.41) is 13.4. The number of aliphatic hydroxyl groups excluding tert-OH is 1. The number of hydrogen-bond donors (Lipinski definition) is 2. The van der Waals surface area contributed by atoms with Crippen molar-refractivity contribution < 1.29 is 5.11 Å². The number of rotatable bonds is 4. The van der Waals surface area contributed by atoms with E-state index in [0.29, 0.717) is 12.0 Å². The highest BCUT2D eigenvalue weighted by Crippen LogP contribution is 2.23. The molecule has 0 aromatic heterocycles. The van der Waals surface area contributed by atoms with Gasteiger partial charge in [-0.05, 0) is 51.4 Å². The first-order valence-electron chi connectivity index (χ1n) is 7.18. The molecule has 100 valence electrons. The Kier molecular flexibility index (Phi) is 5.21. The van der Waals surface area contributed by atoms with Crippen LogP contribution in [0, 0.1) is 5.92 Å². The first kappa shape index (κ1) is 13.6. The third-order valence-corrected chi connectivity index (χ3v) is 3.90. The minimum absolute atomic E-state index is 0.299. The molecule has 0 aromatic carbocycles. The molecule has 0 saturated heterocycles. The molecule has 0 spiro atoms. The third-order valence-electron chi connectivity index (χ3n) is 3.90. The monoisotopic (exact) mass is 247 g/mol. The van der Waals surface area contributed by atoms with Gasteiger partial charge in [0.15, 0.2) is 0 Å². The number of allylic oxidation sites excluding steroid dienone is 4. The lowest BCUT2D eigenvalue weighted by Gasteiger charge is -2.24. The second-order valence-electron chi connectivity index (χ2n) is 5.56. The van der Waals surface area contributed by atoms with Crippen molar-refractivity contribution in [3.05, 3.63) is 36.0 Å². The van der Waals surface area contributed by atoms with Gasteiger partial charge in [0.2, 0.25) is 0 Å². The summed E-state index contributed by atoms with van der Waals surface area (Å²) in [4.78, 5) is 0. The highest BCUT2D eigenvalue weighted by Gasteiger charge is 2.17. The van der Waals surface area contributed by atoms with E-state index < -0.39 is 0 Å². The highest BCUT2D eigenvalue weighted by atomic mass is 16.3. The lowest BCUT2D eigenvalue weighted by atomic mass is 9.95. The van der Waals surface area contributed by atoms with Crippen molar-refractivity contribution in [2.45, 2.75) is 57.7 Å². The smallest absolute Gasteiger partial charge is 0.105 e. The van der Waals surface area contributed by atoms with Crippen LogP contribution in [0.5, 0.6) is 0 Å². The molecule has 0 radical (unpaired) electrons. The maximum Gasteiger partial charge on any atom is 0.105 e. The van der Waals surface area contributed by atoms with Crippen LogP contribution in [0.25, 0.3) is 0 Å². The molecule has 0 saturated carbocycles. The zero-order valence-electron chi connectivity index (χ0n) is 11.3. The Labute approximate surface area is 110 Å². The van der Waals surface area contributed by atoms with Crippen LogP contribution >= 0.6 is 0 Å². The van der Waals surface area contributed by atoms with E-state index in [-0.39, 0.29) is 6.23 Å². The van der Waals surface area contributed by atoms with Gasteiger partial charge in [-0.25, -0.2) is 0 Å². The fourth-order valence-corrected chi connectivity index (χ4v) is 2.76. The third kappa shape index (κ3) is 4.43. The molecule has 0 aromatic rings. The Morgan fingerprint density at radius 3 is 2.67 bits per heavy atom. The van der Waals surface area contributed by atoms with Gasteiger partial charge in [-0.2, -0.15) is 0 Å². The molecule has 2 nitrogen and oxygen atoms in total. The molecule has 2 aliphatic carbocycles. The summed E-state index contributed by atoms with van der Waals surface area (Å²) >= 11 is 0. The second kappa shape index (κ2) is 6.91. The van der Waals surface area contributed by atoms with Gasteiger partial charge >= 0.3 is 0 Å². The zero-order valence-corrected chi connectivity index (χ0v) is 11.3. The van der Waals surface area contributed by atoms with Crippen molar-refractivity contribution in [3.8, 4) is 0 Å². The van der Waals surface area contributed by atoms with Crippen LogP contribution < -0.4 is 5.32 Å². The van der Waals surface area contributed by atoms with Crippen molar-refractivity contribution in [1.29, 1.82) is 0 Å². The molecule has 0 aliphatic heterocycles. The minimum atomic E-state index is -0.366. The summed E-state index contributed by atoms with van der Waals surface area (Å²) in [5.74, 6) is 0.660. The van der Waals surface area contributed by atoms with Gasteiger partial charge in [-0.15, -0.1) is 0 Å². The summed E-state index contributed by atoms with van der Waals surface area (Å²) in [6.07, 6.45) is 17.3. The van der Waals surface area contributed by atoms with Crippen LogP contribution in [0.3, 0.4) is 0 Å². The fraction of sp³-hybridized carbons (Fsp3) is 0.625. The lowest BCUT2D eigenvalue weighted by Crippen LogP contribution is -2.38. The number of aliphatic hydroxyl groups is 1. The summed E-state index contributed by atoms with van der Waals surface area (Å²) < 4.78 is 0. The van der Waals surface area contributed by atoms with Gasteiger partial charge in [0.25, 0.3) is 0 Å². The number of nitrogens with one attached hydrogen (secondary N) is 1. The molecule has 2 N–H and O–H groups in total. The van der Waals surface area contributed by atoms with Gasteiger partial charge in [-0.1, -0.05) is 36.0 Å². The average Bonchev–Trinajstić information content (AvgIpc) is 2.61. The van der Waals surface area contributed by atoms with Crippen LogP contribution in [-0.4, -0.2) is 17.4 Å². The van der Waals surface area contributed by atoms with Crippen molar-refractivity contribution in [1.82, 2.24) is 5.32 Å². The average molecular weight is 247 g/mol. The minimum Gasteiger partial charge on any atom is -0.379 e. The first-order chi connectivity index (χ1) is 8.74. The first-order valence-corrected chi connectivity index (χ1v) is 7.18. The van der Waals surface area contributed by atoms with E-state index in [9.17, 15) is 5.11 Å². The topological polar surface area (TPSA) is 32.3 Å². The van der Waals surface area contributed by atoms with Gasteiger partial charge in [0, 0.05) is 6.04 Å². The van der Waals surface area contributed by atoms with E-state index >= 15 is 0 Å². The van der Waals surface area contributed by atoms with E-state index in [1.165, 1.54) is 31.3 Å². The van der Waals surface area contributed by atoms with Gasteiger partial charge in [0.05, 0.1) is 0 Å². The maximum atomic E-state index is 10.1. The summed E-state index contributed by atoms with van der Waals surface area (Å²) in [7, 11) is 0. The van der Waals surface area contributed by atoms with Gasteiger partial charge in [-0.3, -0.25) is 5.32 Å². The largest absolute Gasteiger partial charge is 0.379 e. The van der Waals surface area contributed by atoms with E-state index in [0.717, 1.165) is 12.8 Å². The fourth-order valence-electron chi connectivity index (χ4n) is 2.76. The van der Waals surface area contributed by atoms with E-state index in [1.807, 2.05) is 0 Å². The standard InChI is InChI=1S/C16H25NO/c1-13-8-10-15(11-9-13)17-16(18)12-14-6-4-2-3-5-7-14/h2-3,8-10,14-18H,4-7,11-12H2,1H3. The van der Waals surface area contributed by atoms with E-state index in [1.54, 1.807) is 0 Å². The Hall–Kier alpha value is -0.860. The van der Waals surface area contributed by atoms with Crippen molar-refractivity contribution in [2.75, 3.05) is 0 Å². The van der Waals surface area contributed by atoms with Gasteiger partial charge in [0.1, 0.15) is 6.23 Å². The molecule has 0 amide bonds. The van der Waals surface area contributed by atoms with Crippen molar-refractivity contribution >= 4 is 0 Å². The molecular formula is C16H25NO. The molecule has 2 atom stereocenters. The summed E-state index contributed by atoms with van der Waals surface area (Å²) in [6, 6.07) is 0.299. The highest BCUT2D eigenvalue weighted by molar-refractivity contribution is 5.23. The predicted molar refractivity (Wildman–Crippen MR) is 76.2 cm³/mol. The maximum absolute atomic E-state index is 10.1. The Bertz CT molecular complexity index is 333. The van der Waals surface area contributed by atoms with Crippen molar-refractivity contribution in [3.63, 3.8) is 0 Å². The summed E-state index contributed by atoms with van der Waals surface area (Å²) in [6.45, 7) is 2.11. The van der Waals surface area contributed by atoms with E-state index in [2.05, 4.69) is 42.6 Å². The normalized spacial score (nSPS) is 26.8. The second-order valence-corrected chi connectivity index (χ2v) is 5.56. The molecule has 18 heavy (non-hydrogen) atoms. The number of hydrogen-bond acceptors (Lipinski definition) is 2. The predicted octanol–water partition coefficient (Wildman–Crippen LogP) is 3.31. The van der Waals surface area contributed by atoms with Crippen LogP contribution in [-0.2, 0) is 0 Å². The molecule has 2 aliphatic rings. The van der Waals surface area contributed by atoms with Crippen LogP contribution in [0.2, 0.25) is 0 Å². The lowest BCUT2D eigenvalue weighted by molar-refractivity contribution is 0.0973. The molecule has 0 fully saturated rings. The molecule has 0 bridgehead atoms. The summed E-state index contributed by atoms with van der Waals surface area (Å²) in [5.41, 5.74) is 1.32. The molecule has 2 heteroatoms. The van der Waals surface area contributed by atoms with E-state index in [4.69, 9.17) is 0 Å². The SMILES string of the molecule is CC1=CCC(NC(O)CC2CCC=CCC2)C=C1. The molecule has 2 rings (SSSR count). The molecule has 2 unspecified atom stereocenters. The van der Waals surface area contributed by atoms with Crippen molar-refractivity contribution in [2.24, 2.45) is 5.92 Å². The molecular weight excluding hydrogens is 222 g/mol. The Morgan fingerprint density at radius 2 is 2.06 bits per heavy atom. The quantitative estimate of drug-likeness (QED) is 0.590. The van der Waals surface area contributed by atoms with Crippen LogP contribution in [0.4, 0.5) is 0 Å². The van der Waals surface area contributed by atoms with Crippen LogP contribution in [0.1, 0.15) is 45.4 Å². The van der Waals surface area contributed by atoms with Gasteiger partial charge < -0.3 is 5.11 Å². The Morgan fingerprint density at radius 1 is 1.33 bits per heavy atom. The Balaban J connectivity index is 1.72. The van der Waals surface area contributed by atoms with Crippen LogP contribution in [0.15, 0.2) is 36.0 Å². The molecule has 0 heterocycles. The zero-order chi connectivity index (χ0) is 12.8.